The van der Waals surface area contributed by atoms with Crippen molar-refractivity contribution in [3.05, 3.63) is 47.3 Å². The molecule has 0 bridgehead atoms. The van der Waals surface area contributed by atoms with Gasteiger partial charge in [-0.25, -0.2) is 4.98 Å². The fraction of sp³-hybridized carbons (Fsp3) is 0.190. The van der Waals surface area contributed by atoms with Crippen molar-refractivity contribution < 1.29 is 19.0 Å². The molecule has 3 rings (SSSR count). The Morgan fingerprint density at radius 2 is 1.86 bits per heavy atom. The van der Waals surface area contributed by atoms with E-state index < -0.39 is 5.97 Å². The number of hydrogen-bond donors (Lipinski definition) is 1. The van der Waals surface area contributed by atoms with E-state index >= 15 is 0 Å². The first-order chi connectivity index (χ1) is 13.4. The molecule has 28 heavy (non-hydrogen) atoms. The Kier molecular flexibility index (Phi) is 5.32. The number of aromatic nitrogens is 2. The Morgan fingerprint density at radius 1 is 1.18 bits per heavy atom. The molecule has 0 fully saturated rings. The lowest BCUT2D eigenvalue weighted by Crippen LogP contribution is -2.05. The third kappa shape index (κ3) is 3.81. The number of rotatable bonds is 5. The highest BCUT2D eigenvalue weighted by molar-refractivity contribution is 5.91. The summed E-state index contributed by atoms with van der Waals surface area (Å²) in [5, 5.41) is 9.64. The number of carbonyl (C=O) groups is 1. The molecule has 0 aliphatic rings. The van der Waals surface area contributed by atoms with Gasteiger partial charge in [0.05, 0.1) is 30.8 Å². The molecule has 0 aliphatic heterocycles. The van der Waals surface area contributed by atoms with Crippen molar-refractivity contribution in [3.63, 3.8) is 0 Å². The normalized spacial score (nSPS) is 11.2. The van der Waals surface area contributed by atoms with Gasteiger partial charge in [0, 0.05) is 6.92 Å². The van der Waals surface area contributed by atoms with Gasteiger partial charge in [0.2, 0.25) is 5.75 Å². The predicted octanol–water partition coefficient (Wildman–Crippen LogP) is 3.88. The van der Waals surface area contributed by atoms with Crippen molar-refractivity contribution >= 4 is 28.7 Å². The van der Waals surface area contributed by atoms with Gasteiger partial charge in [-0.05, 0) is 48.4 Å². The van der Waals surface area contributed by atoms with Crippen LogP contribution in [0, 0.1) is 18.3 Å². The number of aromatic amines is 1. The van der Waals surface area contributed by atoms with E-state index in [1.54, 1.807) is 18.2 Å². The van der Waals surface area contributed by atoms with Gasteiger partial charge in [-0.2, -0.15) is 5.26 Å². The van der Waals surface area contributed by atoms with Gasteiger partial charge in [-0.3, -0.25) is 4.79 Å². The predicted molar refractivity (Wildman–Crippen MR) is 105 cm³/mol. The summed E-state index contributed by atoms with van der Waals surface area (Å²) in [6, 6.07) is 11.3. The number of imidazole rings is 1. The van der Waals surface area contributed by atoms with Crippen LogP contribution < -0.4 is 14.2 Å². The number of aryl methyl sites for hydroxylation is 1. The summed E-state index contributed by atoms with van der Waals surface area (Å²) in [5.41, 5.74) is 3.72. The van der Waals surface area contributed by atoms with Crippen molar-refractivity contribution in [2.75, 3.05) is 14.2 Å². The standard InChI is InChI=1S/C21H19N3O4/c1-12-5-6-16-17(7-12)24-21(23-16)15(11-22)8-14-9-18(26-3)20(28-13(2)25)19(10-14)27-4/h5-10H,1-4H3,(H,23,24)/b15-8+. The first-order valence-corrected chi connectivity index (χ1v) is 8.48. The maximum Gasteiger partial charge on any atom is 0.308 e. The molecule has 0 radical (unpaired) electrons. The number of fused-ring (bicyclic) bond motifs is 1. The Morgan fingerprint density at radius 3 is 2.43 bits per heavy atom. The van der Waals surface area contributed by atoms with Crippen LogP contribution in [-0.4, -0.2) is 30.2 Å². The lowest BCUT2D eigenvalue weighted by Gasteiger charge is -2.13. The smallest absolute Gasteiger partial charge is 0.308 e. The van der Waals surface area contributed by atoms with Crippen LogP contribution in [0.1, 0.15) is 23.9 Å². The van der Waals surface area contributed by atoms with Crippen LogP contribution in [0.25, 0.3) is 22.7 Å². The zero-order valence-electron chi connectivity index (χ0n) is 16.0. The van der Waals surface area contributed by atoms with E-state index in [0.29, 0.717) is 28.5 Å². The van der Waals surface area contributed by atoms with Crippen molar-refractivity contribution in [2.24, 2.45) is 0 Å². The fourth-order valence-electron chi connectivity index (χ4n) is 2.80. The molecule has 1 N–H and O–H groups in total. The number of nitrogens with one attached hydrogen (secondary N) is 1. The molecule has 0 atom stereocenters. The van der Waals surface area contributed by atoms with Crippen LogP contribution >= 0.6 is 0 Å². The van der Waals surface area contributed by atoms with E-state index in [0.717, 1.165) is 16.6 Å². The highest BCUT2D eigenvalue weighted by Crippen LogP contribution is 2.39. The number of hydrogen-bond acceptors (Lipinski definition) is 6. The van der Waals surface area contributed by atoms with Gasteiger partial charge < -0.3 is 19.2 Å². The summed E-state index contributed by atoms with van der Waals surface area (Å²) >= 11 is 0. The summed E-state index contributed by atoms with van der Waals surface area (Å²) in [7, 11) is 2.92. The molecular weight excluding hydrogens is 358 g/mol. The molecule has 142 valence electrons. The number of benzene rings is 2. The zero-order chi connectivity index (χ0) is 20.3. The lowest BCUT2D eigenvalue weighted by atomic mass is 10.1. The number of carbonyl (C=O) groups excluding carboxylic acids is 1. The third-order valence-corrected chi connectivity index (χ3v) is 4.05. The van der Waals surface area contributed by atoms with Crippen LogP contribution in [0.3, 0.4) is 0 Å². The number of allylic oxidation sites excluding steroid dienone is 1. The maximum absolute atomic E-state index is 11.4. The summed E-state index contributed by atoms with van der Waals surface area (Å²) in [4.78, 5) is 19.0. The van der Waals surface area contributed by atoms with Gasteiger partial charge in [0.1, 0.15) is 11.9 Å². The molecule has 0 spiro atoms. The number of H-pyrrole nitrogens is 1. The van der Waals surface area contributed by atoms with Crippen LogP contribution in [-0.2, 0) is 4.79 Å². The highest BCUT2D eigenvalue weighted by atomic mass is 16.6. The molecule has 0 saturated heterocycles. The lowest BCUT2D eigenvalue weighted by molar-refractivity contribution is -0.132. The van der Waals surface area contributed by atoms with Crippen LogP contribution in [0.15, 0.2) is 30.3 Å². The molecule has 0 unspecified atom stereocenters. The Bertz CT molecular complexity index is 1100. The number of nitriles is 1. The van der Waals surface area contributed by atoms with Crippen molar-refractivity contribution in [2.45, 2.75) is 13.8 Å². The average molecular weight is 377 g/mol. The minimum Gasteiger partial charge on any atom is -0.493 e. The minimum absolute atomic E-state index is 0.187. The fourth-order valence-corrected chi connectivity index (χ4v) is 2.80. The molecule has 1 aromatic heterocycles. The number of methoxy groups -OCH3 is 2. The largest absolute Gasteiger partial charge is 0.493 e. The molecule has 1 heterocycles. The molecule has 0 amide bonds. The molecule has 2 aromatic carbocycles. The van der Waals surface area contributed by atoms with Gasteiger partial charge in [-0.15, -0.1) is 0 Å². The summed E-state index contributed by atoms with van der Waals surface area (Å²) in [6.45, 7) is 3.29. The molecule has 7 heteroatoms. The Hall–Kier alpha value is -3.79. The quantitative estimate of drug-likeness (QED) is 0.412. The third-order valence-electron chi connectivity index (χ3n) is 4.05. The first-order valence-electron chi connectivity index (χ1n) is 8.48. The van der Waals surface area contributed by atoms with E-state index in [2.05, 4.69) is 16.0 Å². The van der Waals surface area contributed by atoms with Gasteiger partial charge in [-0.1, -0.05) is 6.07 Å². The van der Waals surface area contributed by atoms with E-state index in [1.165, 1.54) is 21.1 Å². The monoisotopic (exact) mass is 377 g/mol. The topological polar surface area (TPSA) is 97.2 Å². The Labute approximate surface area is 162 Å². The first kappa shape index (κ1) is 19.0. The second-order valence-corrected chi connectivity index (χ2v) is 6.12. The van der Waals surface area contributed by atoms with Crippen LogP contribution in [0.5, 0.6) is 17.2 Å². The second-order valence-electron chi connectivity index (χ2n) is 6.12. The minimum atomic E-state index is -0.491. The van der Waals surface area contributed by atoms with E-state index in [4.69, 9.17) is 14.2 Å². The second kappa shape index (κ2) is 7.84. The molecular formula is C21H19N3O4. The van der Waals surface area contributed by atoms with E-state index in [1.807, 2.05) is 25.1 Å². The highest BCUT2D eigenvalue weighted by Gasteiger charge is 2.16. The van der Waals surface area contributed by atoms with Crippen molar-refractivity contribution in [1.29, 1.82) is 5.26 Å². The Balaban J connectivity index is 2.08. The maximum atomic E-state index is 11.4. The number of nitrogens with zero attached hydrogens (tertiary/aromatic N) is 2. The van der Waals surface area contributed by atoms with E-state index in [9.17, 15) is 10.1 Å². The van der Waals surface area contributed by atoms with Crippen LogP contribution in [0.4, 0.5) is 0 Å². The summed E-state index contributed by atoms with van der Waals surface area (Å²) in [6.07, 6.45) is 1.66. The molecule has 0 aliphatic carbocycles. The van der Waals surface area contributed by atoms with E-state index in [-0.39, 0.29) is 5.75 Å². The van der Waals surface area contributed by atoms with Crippen LogP contribution in [0.2, 0.25) is 0 Å². The van der Waals surface area contributed by atoms with Gasteiger partial charge in [0.15, 0.2) is 11.5 Å². The molecule has 3 aromatic rings. The van der Waals surface area contributed by atoms with Crippen molar-refractivity contribution in [1.82, 2.24) is 9.97 Å². The summed E-state index contributed by atoms with van der Waals surface area (Å²) in [5.74, 6) is 0.796. The number of ether oxygens (including phenoxy) is 3. The SMILES string of the molecule is COc1cc(/C=C(\C#N)c2nc3ccc(C)cc3[nH]2)cc(OC)c1OC(C)=O. The molecule has 7 nitrogen and oxygen atoms in total. The summed E-state index contributed by atoms with van der Waals surface area (Å²) < 4.78 is 15.8. The average Bonchev–Trinajstić information content (AvgIpc) is 3.09. The molecule has 0 saturated carbocycles. The van der Waals surface area contributed by atoms with Crippen molar-refractivity contribution in [3.8, 4) is 23.3 Å². The zero-order valence-corrected chi connectivity index (χ0v) is 16.0. The number of esters is 1. The van der Waals surface area contributed by atoms with Gasteiger partial charge >= 0.3 is 5.97 Å². The van der Waals surface area contributed by atoms with Gasteiger partial charge in [0.25, 0.3) is 0 Å².